The number of alkyl halides is 3. The van der Waals surface area contributed by atoms with Gasteiger partial charge < -0.3 is 10.0 Å². The van der Waals surface area contributed by atoms with Crippen molar-refractivity contribution in [2.75, 3.05) is 29.3 Å². The van der Waals surface area contributed by atoms with Crippen molar-refractivity contribution in [2.24, 2.45) is 0 Å². The summed E-state index contributed by atoms with van der Waals surface area (Å²) in [5.41, 5.74) is 1.78. The zero-order valence-corrected chi connectivity index (χ0v) is 24.1. The average Bonchev–Trinajstić information content (AvgIpc) is 3.06. The smallest absolute Gasteiger partial charge is 0.408 e. The van der Waals surface area contributed by atoms with E-state index < -0.39 is 57.7 Å². The molecule has 0 radical (unpaired) electrons. The molecule has 0 spiro atoms. The zero-order valence-electron chi connectivity index (χ0n) is 22.5. The molecule has 0 aliphatic carbocycles. The van der Waals surface area contributed by atoms with Crippen LogP contribution in [0.3, 0.4) is 0 Å². The van der Waals surface area contributed by atoms with E-state index in [4.69, 9.17) is 0 Å². The summed E-state index contributed by atoms with van der Waals surface area (Å²) in [4.78, 5) is 27.2. The third-order valence-corrected chi connectivity index (χ3v) is 10.0. The minimum Gasteiger partial charge on any atom is -0.502 e. The van der Waals surface area contributed by atoms with Crippen LogP contribution in [0.5, 0.6) is 5.75 Å². The fourth-order valence-electron chi connectivity index (χ4n) is 5.24. The van der Waals surface area contributed by atoms with Crippen molar-refractivity contribution in [2.45, 2.75) is 42.8 Å². The molecule has 1 amide bonds. The number of amides is 1. The normalized spacial score (nSPS) is 17.8. The highest BCUT2D eigenvalue weighted by Crippen LogP contribution is 2.47. The van der Waals surface area contributed by atoms with Gasteiger partial charge in [0.05, 0.1) is 18.0 Å². The van der Waals surface area contributed by atoms with E-state index in [0.29, 0.717) is 33.0 Å². The van der Waals surface area contributed by atoms with Crippen molar-refractivity contribution in [1.29, 1.82) is 0 Å². The molecule has 218 valence electrons. The zero-order chi connectivity index (χ0) is 30.0. The third-order valence-electron chi connectivity index (χ3n) is 7.55. The molecule has 2 atom stereocenters. The number of aromatic nitrogens is 1. The van der Waals surface area contributed by atoms with Gasteiger partial charge in [-0.25, -0.2) is 8.42 Å². The van der Waals surface area contributed by atoms with Crippen LogP contribution in [0.4, 0.5) is 18.9 Å². The molecule has 0 fully saturated rings. The largest absolute Gasteiger partial charge is 0.502 e. The number of pyridine rings is 1. The first kappa shape index (κ1) is 28.9. The average molecular weight is 609 g/mol. The van der Waals surface area contributed by atoms with Gasteiger partial charge in [-0.15, -0.1) is 11.8 Å². The molecule has 3 aromatic rings. The highest BCUT2D eigenvalue weighted by Gasteiger charge is 2.47. The number of carbonyl (C=O) groups is 1. The van der Waals surface area contributed by atoms with Crippen LogP contribution in [-0.4, -0.2) is 61.2 Å². The molecule has 1 N–H and O–H groups in total. The Morgan fingerprint density at radius 1 is 1.10 bits per heavy atom. The summed E-state index contributed by atoms with van der Waals surface area (Å²) >= 11 is 1.47. The summed E-state index contributed by atoms with van der Waals surface area (Å²) in [7, 11) is -2.23. The van der Waals surface area contributed by atoms with Crippen LogP contribution in [0.2, 0.25) is 0 Å². The van der Waals surface area contributed by atoms with Gasteiger partial charge in [-0.05, 0) is 42.2 Å². The first-order chi connectivity index (χ1) is 19.1. The van der Waals surface area contributed by atoms with E-state index >= 15 is 0 Å². The summed E-state index contributed by atoms with van der Waals surface area (Å²) in [6.45, 7) is 2.21. The molecular formula is C27H27F3N4O5S2. The number of aromatic hydroxyl groups is 1. The Labute approximate surface area is 238 Å². The Hall–Kier alpha value is -3.65. The molecule has 2 aliphatic rings. The van der Waals surface area contributed by atoms with Crippen LogP contribution in [0.25, 0.3) is 0 Å². The van der Waals surface area contributed by atoms with E-state index in [1.54, 1.807) is 18.2 Å². The van der Waals surface area contributed by atoms with Crippen LogP contribution < -0.4 is 14.7 Å². The topological polar surface area (TPSA) is 103 Å². The van der Waals surface area contributed by atoms with Crippen LogP contribution in [0.15, 0.2) is 58.4 Å². The molecule has 9 nitrogen and oxygen atoms in total. The number of aryl methyl sites for hydroxylation is 1. The Balaban J connectivity index is 1.83. The molecular weight excluding hydrogens is 581 g/mol. The number of thioether (sulfide) groups is 1. The summed E-state index contributed by atoms with van der Waals surface area (Å²) < 4.78 is 69.4. The summed E-state index contributed by atoms with van der Waals surface area (Å²) in [5, 5.41) is 12.2. The van der Waals surface area contributed by atoms with Gasteiger partial charge in [0.2, 0.25) is 15.5 Å². The van der Waals surface area contributed by atoms with Crippen molar-refractivity contribution in [3.8, 4) is 5.75 Å². The number of halogens is 3. The Bertz CT molecular complexity index is 1720. The molecule has 41 heavy (non-hydrogen) atoms. The predicted octanol–water partition coefficient (Wildman–Crippen LogP) is 3.96. The highest BCUT2D eigenvalue weighted by molar-refractivity contribution is 7.98. The summed E-state index contributed by atoms with van der Waals surface area (Å²) in [5.74, 6) is -1.74. The van der Waals surface area contributed by atoms with E-state index in [0.717, 1.165) is 34.0 Å². The number of carbonyl (C=O) groups excluding carboxylic acids is 1. The van der Waals surface area contributed by atoms with Gasteiger partial charge in [0.15, 0.2) is 11.4 Å². The first-order valence-corrected chi connectivity index (χ1v) is 15.3. The second kappa shape index (κ2) is 10.0. The number of fused-ring (bicyclic) bond motifs is 3. The van der Waals surface area contributed by atoms with Crippen molar-refractivity contribution < 1.29 is 31.5 Å². The molecule has 0 bridgehead atoms. The lowest BCUT2D eigenvalue weighted by Crippen LogP contribution is -2.60. The molecule has 5 rings (SSSR count). The van der Waals surface area contributed by atoms with Gasteiger partial charge in [0.25, 0.3) is 5.91 Å². The molecule has 3 heterocycles. The number of anilines is 1. The molecule has 0 saturated heterocycles. The molecule has 1 aromatic heterocycles. The number of rotatable bonds is 4. The van der Waals surface area contributed by atoms with E-state index in [1.807, 2.05) is 25.1 Å². The lowest BCUT2D eigenvalue weighted by molar-refractivity contribution is -0.173. The minimum absolute atomic E-state index is 0.359. The Kier molecular flexibility index (Phi) is 7.05. The van der Waals surface area contributed by atoms with Gasteiger partial charge >= 0.3 is 6.18 Å². The van der Waals surface area contributed by atoms with Gasteiger partial charge in [0, 0.05) is 30.0 Å². The fraction of sp³-hybridized carbons (Fsp3) is 0.333. The maximum atomic E-state index is 14.0. The second-order valence-electron chi connectivity index (χ2n) is 10.1. The molecule has 0 unspecified atom stereocenters. The van der Waals surface area contributed by atoms with Crippen molar-refractivity contribution in [1.82, 2.24) is 9.58 Å². The second-order valence-corrected chi connectivity index (χ2v) is 13.1. The van der Waals surface area contributed by atoms with Crippen molar-refractivity contribution in [3.05, 3.63) is 86.8 Å². The highest BCUT2D eigenvalue weighted by atomic mass is 32.2. The monoisotopic (exact) mass is 608 g/mol. The molecule has 2 aromatic carbocycles. The van der Waals surface area contributed by atoms with E-state index in [9.17, 15) is 36.3 Å². The minimum atomic E-state index is -4.79. The fourth-order valence-corrected chi connectivity index (χ4v) is 7.01. The quantitative estimate of drug-likeness (QED) is 0.479. The summed E-state index contributed by atoms with van der Waals surface area (Å²) in [6.07, 6.45) is -2.45. The number of hydrogen-bond acceptors (Lipinski definition) is 7. The number of nitrogens with zero attached hydrogens (tertiary/aromatic N) is 4. The van der Waals surface area contributed by atoms with E-state index in [-0.39, 0.29) is 0 Å². The maximum Gasteiger partial charge on any atom is 0.408 e. The van der Waals surface area contributed by atoms with E-state index in [2.05, 4.69) is 0 Å². The lowest BCUT2D eigenvalue weighted by atomic mass is 9.92. The van der Waals surface area contributed by atoms with Crippen molar-refractivity contribution in [3.63, 3.8) is 0 Å². The first-order valence-electron chi connectivity index (χ1n) is 12.5. The summed E-state index contributed by atoms with van der Waals surface area (Å²) in [6, 6.07) is 8.62. The number of benzene rings is 2. The molecule has 14 heteroatoms. The predicted molar refractivity (Wildman–Crippen MR) is 149 cm³/mol. The number of hydrogen-bond donors (Lipinski definition) is 1. The van der Waals surface area contributed by atoms with Gasteiger partial charge in [-0.2, -0.15) is 13.2 Å². The van der Waals surface area contributed by atoms with E-state index in [1.165, 1.54) is 34.7 Å². The van der Waals surface area contributed by atoms with Gasteiger partial charge in [-0.3, -0.25) is 23.6 Å². The SMILES string of the molecule is Cc1cccc2c1SCc1c(cccc1N(C)S(C)(=O)=O)[C@@H]2N1CN([C@H](C)C(F)(F)F)C(=O)c2c(O)c(=O)ccn21. The molecule has 2 aliphatic heterocycles. The van der Waals surface area contributed by atoms with Gasteiger partial charge in [-0.1, -0.05) is 30.3 Å². The van der Waals surface area contributed by atoms with Crippen LogP contribution in [-0.2, 0) is 15.8 Å². The standard InChI is InChI=1S/C27H27F3N4O5S2/c1-15-7-5-9-18-22(17-8-6-10-20(31(3)41(4,38)39)19(17)13-40-25(15)18)34-14-32(16(2)27(28,29)30)26(37)23-24(36)21(35)11-12-33(23)34/h5-12,16,22,36H,13-14H2,1-4H3/t16-,22+/m1/s1. The third kappa shape index (κ3) is 4.82. The Morgan fingerprint density at radius 3 is 2.41 bits per heavy atom. The maximum absolute atomic E-state index is 14.0. The van der Waals surface area contributed by atoms with Crippen LogP contribution in [0, 0.1) is 6.92 Å². The van der Waals surface area contributed by atoms with Crippen LogP contribution >= 0.6 is 11.8 Å². The Morgan fingerprint density at radius 2 is 1.76 bits per heavy atom. The lowest BCUT2D eigenvalue weighted by Gasteiger charge is -2.46. The van der Waals surface area contributed by atoms with Crippen LogP contribution in [0.1, 0.15) is 45.7 Å². The molecule has 0 saturated carbocycles. The van der Waals surface area contributed by atoms with Crippen molar-refractivity contribution >= 4 is 33.4 Å². The van der Waals surface area contributed by atoms with Gasteiger partial charge in [0.1, 0.15) is 12.7 Å². The number of sulfonamides is 1.